The molecule has 1 rings (SSSR count). The first kappa shape index (κ1) is 13.9. The van der Waals surface area contributed by atoms with Crippen LogP contribution in [0.4, 0.5) is 0 Å². The lowest BCUT2D eigenvalue weighted by atomic mass is 10.2. The number of rotatable bonds is 6. The van der Waals surface area contributed by atoms with Gasteiger partial charge in [-0.05, 0) is 24.0 Å². The zero-order chi connectivity index (χ0) is 12.7. The van der Waals surface area contributed by atoms with Gasteiger partial charge in [0, 0.05) is 12.0 Å². The van der Waals surface area contributed by atoms with Crippen molar-refractivity contribution in [1.29, 1.82) is 0 Å². The maximum atomic E-state index is 11.5. The number of ether oxygens (including phenoxy) is 3. The molecule has 0 saturated heterocycles. The van der Waals surface area contributed by atoms with Crippen LogP contribution in [-0.4, -0.2) is 32.7 Å². The van der Waals surface area contributed by atoms with E-state index in [1.807, 2.05) is 12.1 Å². The summed E-state index contributed by atoms with van der Waals surface area (Å²) in [7, 11) is 2.87. The fourth-order valence-electron chi connectivity index (χ4n) is 1.28. The number of benzene rings is 1. The summed E-state index contributed by atoms with van der Waals surface area (Å²) >= 11 is 1.68. The summed E-state index contributed by atoms with van der Waals surface area (Å²) in [5, 5.41) is 0. The molecule has 1 aromatic carbocycles. The van der Waals surface area contributed by atoms with Crippen molar-refractivity contribution in [2.45, 2.75) is 11.8 Å². The summed E-state index contributed by atoms with van der Waals surface area (Å²) in [5.74, 6) is 1.03. The molecule has 5 heteroatoms. The first-order chi connectivity index (χ1) is 8.22. The summed E-state index contributed by atoms with van der Waals surface area (Å²) in [4.78, 5) is 12.6. The summed E-state index contributed by atoms with van der Waals surface area (Å²) in [6, 6.07) is 5.40. The molecule has 0 aromatic heterocycles. The molecule has 0 unspecified atom stereocenters. The number of carbonyl (C=O) groups excluding carboxylic acids is 1. The summed E-state index contributed by atoms with van der Waals surface area (Å²) in [6.07, 6.45) is 0. The van der Waals surface area contributed by atoms with Crippen molar-refractivity contribution in [3.63, 3.8) is 0 Å². The van der Waals surface area contributed by atoms with Crippen molar-refractivity contribution < 1.29 is 19.0 Å². The molecule has 0 N–H and O–H groups in total. The van der Waals surface area contributed by atoms with Crippen LogP contribution in [0.25, 0.3) is 0 Å². The molecule has 0 radical (unpaired) electrons. The third-order valence-electron chi connectivity index (χ3n) is 2.00. The molecule has 0 bridgehead atoms. The van der Waals surface area contributed by atoms with E-state index in [0.717, 1.165) is 10.6 Å². The van der Waals surface area contributed by atoms with E-state index in [2.05, 4.69) is 6.92 Å². The second-order valence-electron chi connectivity index (χ2n) is 3.13. The lowest BCUT2D eigenvalue weighted by molar-refractivity contribution is 0.0463. The Morgan fingerprint density at radius 2 is 2.12 bits per heavy atom. The van der Waals surface area contributed by atoms with Gasteiger partial charge in [0.2, 0.25) is 0 Å². The van der Waals surface area contributed by atoms with Crippen LogP contribution in [0.3, 0.4) is 0 Å². The minimum Gasteiger partial charge on any atom is -0.467 e. The van der Waals surface area contributed by atoms with Gasteiger partial charge in [0.05, 0.1) is 7.11 Å². The number of hydrogen-bond donors (Lipinski definition) is 0. The predicted molar refractivity (Wildman–Crippen MR) is 66.7 cm³/mol. The van der Waals surface area contributed by atoms with Gasteiger partial charge in [0.1, 0.15) is 11.3 Å². The molecular formula is C12H16O4S. The highest BCUT2D eigenvalue weighted by Gasteiger charge is 2.13. The predicted octanol–water partition coefficient (Wildman–Crippen LogP) is 2.57. The van der Waals surface area contributed by atoms with Gasteiger partial charge in [-0.25, -0.2) is 4.79 Å². The van der Waals surface area contributed by atoms with Crippen LogP contribution < -0.4 is 4.74 Å². The molecule has 0 aliphatic rings. The fraction of sp³-hybridized carbons (Fsp3) is 0.417. The smallest absolute Gasteiger partial charge is 0.341 e. The Morgan fingerprint density at radius 1 is 1.35 bits per heavy atom. The molecule has 0 heterocycles. The lowest BCUT2D eigenvalue weighted by Gasteiger charge is -2.10. The number of esters is 1. The van der Waals surface area contributed by atoms with Crippen molar-refractivity contribution in [1.82, 2.24) is 0 Å². The van der Waals surface area contributed by atoms with Gasteiger partial charge in [0.25, 0.3) is 0 Å². The Bertz CT molecular complexity index is 379. The average Bonchev–Trinajstić information content (AvgIpc) is 2.36. The highest BCUT2D eigenvalue weighted by Crippen LogP contribution is 2.27. The Balaban J connectivity index is 2.98. The standard InChI is InChI=1S/C12H16O4S/c1-4-17-9-5-6-10(12(13)15-3)11(7-9)16-8-14-2/h5-7H,4,8H2,1-3H3. The van der Waals surface area contributed by atoms with E-state index in [-0.39, 0.29) is 6.79 Å². The van der Waals surface area contributed by atoms with E-state index in [4.69, 9.17) is 14.2 Å². The Hall–Kier alpha value is -1.20. The van der Waals surface area contributed by atoms with E-state index in [9.17, 15) is 4.79 Å². The maximum Gasteiger partial charge on any atom is 0.341 e. The quantitative estimate of drug-likeness (QED) is 0.444. The van der Waals surface area contributed by atoms with E-state index in [1.165, 1.54) is 14.2 Å². The largest absolute Gasteiger partial charge is 0.467 e. The molecule has 94 valence electrons. The van der Waals surface area contributed by atoms with Gasteiger partial charge in [0.15, 0.2) is 6.79 Å². The molecule has 0 fully saturated rings. The Morgan fingerprint density at radius 3 is 2.71 bits per heavy atom. The molecule has 1 aromatic rings. The van der Waals surface area contributed by atoms with E-state index in [1.54, 1.807) is 17.8 Å². The highest BCUT2D eigenvalue weighted by atomic mass is 32.2. The molecule has 0 spiro atoms. The van der Waals surface area contributed by atoms with E-state index >= 15 is 0 Å². The van der Waals surface area contributed by atoms with Gasteiger partial charge in [-0.15, -0.1) is 11.8 Å². The van der Waals surface area contributed by atoms with Gasteiger partial charge < -0.3 is 14.2 Å². The third kappa shape index (κ3) is 3.94. The normalized spacial score (nSPS) is 10.1. The molecule has 0 atom stereocenters. The van der Waals surface area contributed by atoms with Crippen molar-refractivity contribution in [2.75, 3.05) is 26.8 Å². The number of carbonyl (C=O) groups is 1. The molecule has 0 saturated carbocycles. The lowest BCUT2D eigenvalue weighted by Crippen LogP contribution is -2.07. The van der Waals surface area contributed by atoms with Crippen molar-refractivity contribution in [3.8, 4) is 5.75 Å². The van der Waals surface area contributed by atoms with Crippen LogP contribution in [0, 0.1) is 0 Å². The minimum absolute atomic E-state index is 0.101. The van der Waals surface area contributed by atoms with Crippen LogP contribution in [0.15, 0.2) is 23.1 Å². The van der Waals surface area contributed by atoms with Crippen LogP contribution in [0.2, 0.25) is 0 Å². The van der Waals surface area contributed by atoms with Crippen LogP contribution in [-0.2, 0) is 9.47 Å². The summed E-state index contributed by atoms with van der Waals surface area (Å²) in [5.41, 5.74) is 0.407. The minimum atomic E-state index is -0.413. The SMILES string of the molecule is CCSc1ccc(C(=O)OC)c(OCOC)c1. The van der Waals surface area contributed by atoms with Crippen LogP contribution in [0.1, 0.15) is 17.3 Å². The van der Waals surface area contributed by atoms with Crippen molar-refractivity contribution >= 4 is 17.7 Å². The molecule has 0 aliphatic carbocycles. The van der Waals surface area contributed by atoms with Gasteiger partial charge >= 0.3 is 5.97 Å². The topological polar surface area (TPSA) is 44.8 Å². The first-order valence-corrected chi connectivity index (χ1v) is 6.18. The first-order valence-electron chi connectivity index (χ1n) is 5.19. The van der Waals surface area contributed by atoms with Crippen molar-refractivity contribution in [2.24, 2.45) is 0 Å². The number of thioether (sulfide) groups is 1. The van der Waals surface area contributed by atoms with Crippen LogP contribution >= 0.6 is 11.8 Å². The van der Waals surface area contributed by atoms with Gasteiger partial charge in [-0.3, -0.25) is 0 Å². The van der Waals surface area contributed by atoms with E-state index in [0.29, 0.717) is 11.3 Å². The second-order valence-corrected chi connectivity index (χ2v) is 4.47. The van der Waals surface area contributed by atoms with Gasteiger partial charge in [-0.1, -0.05) is 6.92 Å². The zero-order valence-corrected chi connectivity index (χ0v) is 11.0. The molecular weight excluding hydrogens is 240 g/mol. The zero-order valence-electron chi connectivity index (χ0n) is 10.2. The molecule has 4 nitrogen and oxygen atoms in total. The monoisotopic (exact) mass is 256 g/mol. The van der Waals surface area contributed by atoms with Crippen LogP contribution in [0.5, 0.6) is 5.75 Å². The van der Waals surface area contributed by atoms with Gasteiger partial charge in [-0.2, -0.15) is 0 Å². The molecule has 0 aliphatic heterocycles. The Kier molecular flexibility index (Phi) is 5.86. The van der Waals surface area contributed by atoms with E-state index < -0.39 is 5.97 Å². The van der Waals surface area contributed by atoms with Crippen molar-refractivity contribution in [3.05, 3.63) is 23.8 Å². The third-order valence-corrected chi connectivity index (χ3v) is 2.88. The second kappa shape index (κ2) is 7.19. The average molecular weight is 256 g/mol. The number of hydrogen-bond acceptors (Lipinski definition) is 5. The fourth-order valence-corrected chi connectivity index (χ4v) is 1.97. The molecule has 0 amide bonds. The number of methoxy groups -OCH3 is 2. The Labute approximate surface area is 105 Å². The summed E-state index contributed by atoms with van der Waals surface area (Å²) in [6.45, 7) is 2.17. The highest BCUT2D eigenvalue weighted by molar-refractivity contribution is 7.99. The maximum absolute atomic E-state index is 11.5. The molecule has 17 heavy (non-hydrogen) atoms. The summed E-state index contributed by atoms with van der Waals surface area (Å²) < 4.78 is 14.9.